The smallest absolute Gasteiger partial charge is 0.161 e. The molecule has 0 saturated carbocycles. The zero-order chi connectivity index (χ0) is 14.9. The quantitative estimate of drug-likeness (QED) is 0.591. The molecule has 0 aliphatic heterocycles. The van der Waals surface area contributed by atoms with E-state index in [0.717, 1.165) is 17.0 Å². The lowest BCUT2D eigenvalue weighted by atomic mass is 10.1. The molecule has 108 valence electrons. The number of nitrogens with two attached hydrogens (primary N) is 1. The van der Waals surface area contributed by atoms with Crippen molar-refractivity contribution in [3.63, 3.8) is 0 Å². The fraction of sp³-hybridized carbons (Fsp3) is 0.333. The van der Waals surface area contributed by atoms with E-state index in [9.17, 15) is 0 Å². The molecule has 0 aromatic carbocycles. The average Bonchev–Trinajstić information content (AvgIpc) is 2.72. The fourth-order valence-corrected chi connectivity index (χ4v) is 2.52. The van der Waals surface area contributed by atoms with Gasteiger partial charge in [-0.1, -0.05) is 28.4 Å². The van der Waals surface area contributed by atoms with Crippen LogP contribution in [0, 0.1) is 13.8 Å². The van der Waals surface area contributed by atoms with Crippen molar-refractivity contribution in [3.05, 3.63) is 33.1 Å². The van der Waals surface area contributed by atoms with Crippen LogP contribution in [-0.4, -0.2) is 10.1 Å². The van der Waals surface area contributed by atoms with E-state index in [1.807, 2.05) is 20.8 Å². The van der Waals surface area contributed by atoms with Gasteiger partial charge in [0.2, 0.25) is 0 Å². The number of anilines is 2. The van der Waals surface area contributed by atoms with Gasteiger partial charge in [0.1, 0.15) is 11.6 Å². The summed E-state index contributed by atoms with van der Waals surface area (Å²) < 4.78 is 5.15. The van der Waals surface area contributed by atoms with E-state index in [4.69, 9.17) is 33.6 Å². The van der Waals surface area contributed by atoms with E-state index in [0.29, 0.717) is 21.7 Å². The van der Waals surface area contributed by atoms with Gasteiger partial charge < -0.3 is 15.3 Å². The predicted octanol–water partition coefficient (Wildman–Crippen LogP) is 3.45. The summed E-state index contributed by atoms with van der Waals surface area (Å²) in [5, 5.41) is 7.89. The number of rotatable bonds is 4. The molecule has 4 N–H and O–H groups in total. The fourth-order valence-electron chi connectivity index (χ4n) is 2.05. The molecule has 0 aliphatic carbocycles. The van der Waals surface area contributed by atoms with Crippen LogP contribution in [0.25, 0.3) is 0 Å². The summed E-state index contributed by atoms with van der Waals surface area (Å²) in [6, 6.07) is 1.51. The molecular formula is C12H15Cl2N5O. The highest BCUT2D eigenvalue weighted by Gasteiger charge is 2.18. The van der Waals surface area contributed by atoms with Crippen LogP contribution in [0.3, 0.4) is 0 Å². The molecule has 1 atom stereocenters. The lowest BCUT2D eigenvalue weighted by Gasteiger charge is -2.16. The molecule has 0 spiro atoms. The number of nitrogens with zero attached hydrogens (tertiary/aromatic N) is 2. The summed E-state index contributed by atoms with van der Waals surface area (Å²) in [5.74, 6) is 6.94. The summed E-state index contributed by atoms with van der Waals surface area (Å²) in [4.78, 5) is 4.24. The third-order valence-corrected chi connectivity index (χ3v) is 3.52. The highest BCUT2D eigenvalue weighted by Crippen LogP contribution is 2.32. The van der Waals surface area contributed by atoms with Gasteiger partial charge in [-0.25, -0.2) is 10.8 Å². The maximum atomic E-state index is 6.13. The largest absolute Gasteiger partial charge is 0.362 e. The molecule has 2 rings (SSSR count). The van der Waals surface area contributed by atoms with Crippen LogP contribution in [0.2, 0.25) is 10.0 Å². The van der Waals surface area contributed by atoms with Crippen LogP contribution >= 0.6 is 23.2 Å². The summed E-state index contributed by atoms with van der Waals surface area (Å²) in [6.07, 6.45) is 0. The van der Waals surface area contributed by atoms with Gasteiger partial charge in [-0.15, -0.1) is 0 Å². The molecule has 0 fully saturated rings. The summed E-state index contributed by atoms with van der Waals surface area (Å²) in [7, 11) is 0. The van der Waals surface area contributed by atoms with Crippen molar-refractivity contribution in [2.45, 2.75) is 26.8 Å². The van der Waals surface area contributed by atoms with Crippen LogP contribution < -0.4 is 16.6 Å². The maximum absolute atomic E-state index is 6.13. The Morgan fingerprint density at radius 2 is 1.90 bits per heavy atom. The number of nitrogens with one attached hydrogen (secondary N) is 2. The summed E-state index contributed by atoms with van der Waals surface area (Å²) >= 11 is 12.1. The Hall–Kier alpha value is -1.50. The molecule has 20 heavy (non-hydrogen) atoms. The van der Waals surface area contributed by atoms with Crippen molar-refractivity contribution >= 4 is 34.8 Å². The van der Waals surface area contributed by atoms with Gasteiger partial charge in [-0.05, 0) is 26.8 Å². The highest BCUT2D eigenvalue weighted by atomic mass is 35.5. The Morgan fingerprint density at radius 1 is 1.25 bits per heavy atom. The number of aromatic nitrogens is 2. The monoisotopic (exact) mass is 315 g/mol. The van der Waals surface area contributed by atoms with Crippen molar-refractivity contribution in [1.29, 1.82) is 0 Å². The molecule has 2 aromatic heterocycles. The van der Waals surface area contributed by atoms with Gasteiger partial charge in [-0.3, -0.25) is 0 Å². The van der Waals surface area contributed by atoms with Crippen LogP contribution in [0.4, 0.5) is 11.6 Å². The molecule has 0 bridgehead atoms. The standard InChI is InChI=1S/C12H15Cl2N5O/c1-5(10-6(2)19-20-7(10)3)16-11-8(13)4-9(14)12(17-11)18-15/h4-5H,15H2,1-3H3,(H2,16,17,18). The third kappa shape index (κ3) is 2.82. The van der Waals surface area contributed by atoms with Gasteiger partial charge in [0.25, 0.3) is 0 Å². The molecule has 0 amide bonds. The molecule has 2 aromatic rings. The Balaban J connectivity index is 2.30. The Morgan fingerprint density at radius 3 is 2.45 bits per heavy atom. The molecule has 2 heterocycles. The van der Waals surface area contributed by atoms with Gasteiger partial charge in [0, 0.05) is 5.56 Å². The first-order chi connectivity index (χ1) is 9.43. The van der Waals surface area contributed by atoms with Crippen molar-refractivity contribution in [2.75, 3.05) is 10.7 Å². The molecule has 0 saturated heterocycles. The second-order valence-corrected chi connectivity index (χ2v) is 5.21. The SMILES string of the molecule is Cc1noc(C)c1C(C)Nc1nc(NN)c(Cl)cc1Cl. The van der Waals surface area contributed by atoms with Crippen molar-refractivity contribution < 1.29 is 4.52 Å². The Labute approximate surface area is 126 Å². The zero-order valence-corrected chi connectivity index (χ0v) is 12.8. The summed E-state index contributed by atoms with van der Waals surface area (Å²) in [5.41, 5.74) is 4.22. The van der Waals surface area contributed by atoms with E-state index in [-0.39, 0.29) is 6.04 Å². The van der Waals surface area contributed by atoms with Crippen LogP contribution in [0.15, 0.2) is 10.6 Å². The third-order valence-electron chi connectivity index (χ3n) is 2.94. The van der Waals surface area contributed by atoms with Gasteiger partial charge in [0.15, 0.2) is 5.82 Å². The topological polar surface area (TPSA) is 89.0 Å². The molecule has 0 aliphatic rings. The number of pyridine rings is 1. The van der Waals surface area contributed by atoms with E-state index in [2.05, 4.69) is 20.9 Å². The first-order valence-corrected chi connectivity index (χ1v) is 6.71. The number of aryl methyl sites for hydroxylation is 2. The van der Waals surface area contributed by atoms with Gasteiger partial charge in [-0.2, -0.15) is 0 Å². The number of hydrazine groups is 1. The lowest BCUT2D eigenvalue weighted by molar-refractivity contribution is 0.392. The van der Waals surface area contributed by atoms with E-state index < -0.39 is 0 Å². The number of hydrogen-bond acceptors (Lipinski definition) is 6. The number of nitrogen functional groups attached to an aromatic ring is 1. The minimum atomic E-state index is -0.0713. The lowest BCUT2D eigenvalue weighted by Crippen LogP contribution is -2.13. The van der Waals surface area contributed by atoms with E-state index >= 15 is 0 Å². The van der Waals surface area contributed by atoms with E-state index in [1.165, 1.54) is 0 Å². The van der Waals surface area contributed by atoms with E-state index in [1.54, 1.807) is 6.07 Å². The van der Waals surface area contributed by atoms with Crippen LogP contribution in [-0.2, 0) is 0 Å². The minimum Gasteiger partial charge on any atom is -0.362 e. The van der Waals surface area contributed by atoms with Gasteiger partial charge >= 0.3 is 0 Å². The first kappa shape index (κ1) is 14.9. The first-order valence-electron chi connectivity index (χ1n) is 5.96. The Bertz CT molecular complexity index is 609. The van der Waals surface area contributed by atoms with Gasteiger partial charge in [0.05, 0.1) is 21.8 Å². The minimum absolute atomic E-state index is 0.0713. The summed E-state index contributed by atoms with van der Waals surface area (Å²) in [6.45, 7) is 5.71. The molecule has 0 radical (unpaired) electrons. The maximum Gasteiger partial charge on any atom is 0.161 e. The Kier molecular flexibility index (Phi) is 4.37. The highest BCUT2D eigenvalue weighted by molar-refractivity contribution is 6.37. The molecule has 6 nitrogen and oxygen atoms in total. The van der Waals surface area contributed by atoms with Crippen LogP contribution in [0.5, 0.6) is 0 Å². The molecule has 8 heteroatoms. The van der Waals surface area contributed by atoms with Crippen LogP contribution in [0.1, 0.15) is 30.0 Å². The second kappa shape index (κ2) is 5.87. The second-order valence-electron chi connectivity index (χ2n) is 4.40. The van der Waals surface area contributed by atoms with Crippen molar-refractivity contribution in [1.82, 2.24) is 10.1 Å². The zero-order valence-electron chi connectivity index (χ0n) is 11.3. The number of hydrogen-bond donors (Lipinski definition) is 3. The molecular weight excluding hydrogens is 301 g/mol. The normalized spacial score (nSPS) is 12.3. The number of halogens is 2. The molecule has 1 unspecified atom stereocenters. The van der Waals surface area contributed by atoms with Crippen molar-refractivity contribution in [2.24, 2.45) is 5.84 Å². The average molecular weight is 316 g/mol. The van der Waals surface area contributed by atoms with Crippen molar-refractivity contribution in [3.8, 4) is 0 Å². The predicted molar refractivity (Wildman–Crippen MR) is 80.1 cm³/mol.